The van der Waals surface area contributed by atoms with Gasteiger partial charge in [0.1, 0.15) is 0 Å². The van der Waals surface area contributed by atoms with Gasteiger partial charge in [-0.15, -0.1) is 0 Å². The third-order valence-electron chi connectivity index (χ3n) is 3.00. The van der Waals surface area contributed by atoms with Gasteiger partial charge in [0.2, 0.25) is 5.91 Å². The molecule has 2 atom stereocenters. The largest absolute Gasteiger partial charge is 0.340 e. The van der Waals surface area contributed by atoms with Gasteiger partial charge in [-0.1, -0.05) is 22.9 Å². The van der Waals surface area contributed by atoms with E-state index in [1.807, 2.05) is 4.90 Å². The molecule has 0 bridgehead atoms. The van der Waals surface area contributed by atoms with Gasteiger partial charge in [0.15, 0.2) is 0 Å². The van der Waals surface area contributed by atoms with Crippen LogP contribution in [-0.4, -0.2) is 28.7 Å². The maximum atomic E-state index is 11.6. The molecular formula is C10H18BrNO. The summed E-state index contributed by atoms with van der Waals surface area (Å²) < 4.78 is 0. The fourth-order valence-corrected chi connectivity index (χ4v) is 2.25. The number of hydrogen-bond donors (Lipinski definition) is 0. The average molecular weight is 248 g/mol. The van der Waals surface area contributed by atoms with Gasteiger partial charge in [0.05, 0.1) is 0 Å². The second-order valence-electron chi connectivity index (χ2n) is 3.89. The van der Waals surface area contributed by atoms with Crippen LogP contribution >= 0.6 is 15.9 Å². The number of rotatable bonds is 2. The summed E-state index contributed by atoms with van der Waals surface area (Å²) in [5.41, 5.74) is 0. The van der Waals surface area contributed by atoms with Crippen LogP contribution in [0.2, 0.25) is 0 Å². The fourth-order valence-electron chi connectivity index (χ4n) is 1.91. The molecule has 2 nitrogen and oxygen atoms in total. The van der Waals surface area contributed by atoms with Crippen molar-refractivity contribution in [1.82, 2.24) is 4.90 Å². The Hall–Kier alpha value is -0.0500. The molecule has 1 fully saturated rings. The number of piperidine rings is 1. The van der Waals surface area contributed by atoms with Crippen molar-refractivity contribution in [2.45, 2.75) is 39.2 Å². The average Bonchev–Trinajstić information content (AvgIpc) is 2.10. The molecule has 0 aromatic carbocycles. The van der Waals surface area contributed by atoms with Crippen LogP contribution in [0.25, 0.3) is 0 Å². The summed E-state index contributed by atoms with van der Waals surface area (Å²) in [5.74, 6) is 0.962. The molecule has 0 aliphatic carbocycles. The number of hydrogen-bond acceptors (Lipinski definition) is 1. The van der Waals surface area contributed by atoms with Crippen molar-refractivity contribution < 1.29 is 4.79 Å². The minimum Gasteiger partial charge on any atom is -0.340 e. The van der Waals surface area contributed by atoms with E-state index in [0.29, 0.717) is 24.3 Å². The minimum atomic E-state index is 0.302. The molecule has 1 aliphatic rings. The molecule has 1 rings (SSSR count). The number of halogens is 1. The van der Waals surface area contributed by atoms with E-state index >= 15 is 0 Å². The van der Waals surface area contributed by atoms with Crippen LogP contribution in [0.4, 0.5) is 0 Å². The molecule has 2 unspecified atom stereocenters. The molecule has 1 saturated heterocycles. The summed E-state index contributed by atoms with van der Waals surface area (Å²) in [5, 5.41) is 0.781. The zero-order valence-corrected chi connectivity index (χ0v) is 10.0. The normalized spacial score (nSPS) is 29.0. The van der Waals surface area contributed by atoms with E-state index in [0.717, 1.165) is 11.9 Å². The molecular weight excluding hydrogens is 230 g/mol. The Morgan fingerprint density at radius 3 is 2.85 bits per heavy atom. The molecule has 0 saturated carbocycles. The van der Waals surface area contributed by atoms with Crippen LogP contribution < -0.4 is 0 Å². The van der Waals surface area contributed by atoms with Crippen LogP contribution in [0.15, 0.2) is 0 Å². The van der Waals surface area contributed by atoms with E-state index in [-0.39, 0.29) is 0 Å². The summed E-state index contributed by atoms with van der Waals surface area (Å²) in [4.78, 5) is 13.7. The number of alkyl halides is 1. The SMILES string of the molecule is CC1CCCN(C(=O)CCBr)C1C. The van der Waals surface area contributed by atoms with E-state index < -0.39 is 0 Å². The Kier molecular flexibility index (Phi) is 4.23. The van der Waals surface area contributed by atoms with Crippen molar-refractivity contribution in [2.75, 3.05) is 11.9 Å². The van der Waals surface area contributed by atoms with E-state index in [9.17, 15) is 4.79 Å². The quantitative estimate of drug-likeness (QED) is 0.687. The number of nitrogens with zero attached hydrogens (tertiary/aromatic N) is 1. The van der Waals surface area contributed by atoms with Gasteiger partial charge in [-0.3, -0.25) is 4.79 Å². The molecule has 0 spiro atoms. The number of carbonyl (C=O) groups is 1. The molecule has 3 heteroatoms. The Morgan fingerprint density at radius 1 is 1.54 bits per heavy atom. The van der Waals surface area contributed by atoms with E-state index in [1.54, 1.807) is 0 Å². The van der Waals surface area contributed by atoms with Crippen molar-refractivity contribution in [3.8, 4) is 0 Å². The van der Waals surface area contributed by atoms with Crippen molar-refractivity contribution in [3.05, 3.63) is 0 Å². The van der Waals surface area contributed by atoms with Gasteiger partial charge in [-0.05, 0) is 25.7 Å². The summed E-state index contributed by atoms with van der Waals surface area (Å²) >= 11 is 3.30. The molecule has 13 heavy (non-hydrogen) atoms. The Labute approximate surface area is 88.8 Å². The Morgan fingerprint density at radius 2 is 2.23 bits per heavy atom. The van der Waals surface area contributed by atoms with Crippen molar-refractivity contribution in [1.29, 1.82) is 0 Å². The standard InChI is InChI=1S/C10H18BrNO/c1-8-4-3-7-12(9(8)2)10(13)5-6-11/h8-9H,3-7H2,1-2H3. The fraction of sp³-hybridized carbons (Fsp3) is 0.900. The predicted octanol–water partition coefficient (Wildman–Crippen LogP) is 2.42. The summed E-state index contributed by atoms with van der Waals surface area (Å²) in [7, 11) is 0. The molecule has 1 heterocycles. The molecule has 1 aliphatic heterocycles. The lowest BCUT2D eigenvalue weighted by Crippen LogP contribution is -2.46. The topological polar surface area (TPSA) is 20.3 Å². The van der Waals surface area contributed by atoms with Crippen molar-refractivity contribution in [2.24, 2.45) is 5.92 Å². The number of likely N-dealkylation sites (tertiary alicyclic amines) is 1. The molecule has 0 N–H and O–H groups in total. The van der Waals surface area contributed by atoms with Gasteiger partial charge >= 0.3 is 0 Å². The Balaban J connectivity index is 2.52. The first-order chi connectivity index (χ1) is 6.16. The predicted molar refractivity (Wildman–Crippen MR) is 58.0 cm³/mol. The highest BCUT2D eigenvalue weighted by atomic mass is 79.9. The summed E-state index contributed by atoms with van der Waals surface area (Å²) in [6, 6.07) is 0.431. The van der Waals surface area contributed by atoms with Crippen LogP contribution in [0.3, 0.4) is 0 Å². The lowest BCUT2D eigenvalue weighted by atomic mass is 9.92. The highest BCUT2D eigenvalue weighted by molar-refractivity contribution is 9.09. The molecule has 0 aromatic heterocycles. The molecule has 0 aromatic rings. The molecule has 76 valence electrons. The van der Waals surface area contributed by atoms with Crippen molar-refractivity contribution >= 4 is 21.8 Å². The smallest absolute Gasteiger partial charge is 0.223 e. The third kappa shape index (κ3) is 2.70. The maximum Gasteiger partial charge on any atom is 0.223 e. The molecule has 0 radical (unpaired) electrons. The maximum absolute atomic E-state index is 11.6. The van der Waals surface area contributed by atoms with Gasteiger partial charge in [0.25, 0.3) is 0 Å². The minimum absolute atomic E-state index is 0.302. The number of carbonyl (C=O) groups excluding carboxylic acids is 1. The first-order valence-electron chi connectivity index (χ1n) is 5.02. The first-order valence-corrected chi connectivity index (χ1v) is 6.14. The van der Waals surface area contributed by atoms with Gasteiger partial charge in [-0.2, -0.15) is 0 Å². The van der Waals surface area contributed by atoms with Gasteiger partial charge in [-0.25, -0.2) is 0 Å². The third-order valence-corrected chi connectivity index (χ3v) is 3.40. The molecule has 1 amide bonds. The first kappa shape index (κ1) is 11.0. The lowest BCUT2D eigenvalue weighted by Gasteiger charge is -2.38. The van der Waals surface area contributed by atoms with Gasteiger partial charge in [0, 0.05) is 24.3 Å². The second-order valence-corrected chi connectivity index (χ2v) is 4.68. The van der Waals surface area contributed by atoms with Crippen molar-refractivity contribution in [3.63, 3.8) is 0 Å². The van der Waals surface area contributed by atoms with E-state index in [4.69, 9.17) is 0 Å². The van der Waals surface area contributed by atoms with Crippen LogP contribution in [-0.2, 0) is 4.79 Å². The van der Waals surface area contributed by atoms with Crippen LogP contribution in [0, 0.1) is 5.92 Å². The highest BCUT2D eigenvalue weighted by Crippen LogP contribution is 2.23. The van der Waals surface area contributed by atoms with E-state index in [1.165, 1.54) is 12.8 Å². The second kappa shape index (κ2) is 4.99. The Bertz CT molecular complexity index is 184. The summed E-state index contributed by atoms with van der Waals surface area (Å²) in [6.07, 6.45) is 3.07. The van der Waals surface area contributed by atoms with E-state index in [2.05, 4.69) is 29.8 Å². The van der Waals surface area contributed by atoms with Crippen LogP contribution in [0.1, 0.15) is 33.1 Å². The van der Waals surface area contributed by atoms with Gasteiger partial charge < -0.3 is 4.90 Å². The highest BCUT2D eigenvalue weighted by Gasteiger charge is 2.27. The lowest BCUT2D eigenvalue weighted by molar-refractivity contribution is -0.135. The summed E-state index contributed by atoms with van der Waals surface area (Å²) in [6.45, 7) is 5.35. The zero-order chi connectivity index (χ0) is 9.84. The number of amides is 1. The zero-order valence-electron chi connectivity index (χ0n) is 8.42. The van der Waals surface area contributed by atoms with Crippen LogP contribution in [0.5, 0.6) is 0 Å². The monoisotopic (exact) mass is 247 g/mol.